The summed E-state index contributed by atoms with van der Waals surface area (Å²) in [6.07, 6.45) is -10.8. The number of unbranched alkanes of at least 4 members (excludes halogenated alkanes) is 2. The summed E-state index contributed by atoms with van der Waals surface area (Å²) >= 11 is 0. The summed E-state index contributed by atoms with van der Waals surface area (Å²) in [7, 11) is 0. The molecule has 558 valence electrons. The molecule has 11 atom stereocenters. The topological polar surface area (TPSA) is 360 Å². The maximum absolute atomic E-state index is 13.0. The predicted octanol–water partition coefficient (Wildman–Crippen LogP) is 2.86. The molecular formula is C60H98F6N8O23. The molecule has 0 aromatic heterocycles. The van der Waals surface area contributed by atoms with Crippen molar-refractivity contribution in [2.45, 2.75) is 189 Å². The van der Waals surface area contributed by atoms with Gasteiger partial charge in [-0.05, 0) is 78.2 Å². The summed E-state index contributed by atoms with van der Waals surface area (Å²) in [5.74, 6) is -7.20. The van der Waals surface area contributed by atoms with Crippen LogP contribution >= 0.6 is 0 Å². The first-order valence-corrected chi connectivity index (χ1v) is 33.0. The van der Waals surface area contributed by atoms with Gasteiger partial charge in [0.1, 0.15) is 47.7 Å². The van der Waals surface area contributed by atoms with Crippen molar-refractivity contribution in [2.75, 3.05) is 165 Å². The number of rotatable bonds is 52. The molecule has 0 aromatic carbocycles. The van der Waals surface area contributed by atoms with Crippen molar-refractivity contribution < 1.29 is 136 Å². The molecule has 0 saturated carbocycles. The lowest BCUT2D eigenvalue weighted by Gasteiger charge is -2.42. The normalized spacial score (nSPS) is 26.2. The minimum Gasteiger partial charge on any atom is -0.381 e. The molecule has 0 aliphatic carbocycles. The highest BCUT2D eigenvalue weighted by molar-refractivity contribution is 5.82. The van der Waals surface area contributed by atoms with Gasteiger partial charge < -0.3 is 112 Å². The van der Waals surface area contributed by atoms with Crippen molar-refractivity contribution in [3.8, 4) is 0 Å². The molecule has 6 fully saturated rings. The Morgan fingerprint density at radius 1 is 0.474 bits per heavy atom. The second-order valence-electron chi connectivity index (χ2n) is 24.7. The molecule has 0 spiro atoms. The van der Waals surface area contributed by atoms with Crippen molar-refractivity contribution in [3.05, 3.63) is 10.4 Å². The van der Waals surface area contributed by atoms with E-state index < -0.39 is 102 Å². The standard InChI is InChI=1S/C60H98F6N8O23/c1-55(2)92-47-45(72-53(78)59(61,62)63)51-90-39-57(96-51,49(47)94-55)37-88-26-12-25-82-24-11-23-81-22-10-21-80-19-8-16-68-42(75)14-27-86-35-41(71-44(77)13-6-5-7-18-70-74-67)36-87-28-15-43(76)69-17-9-20-83-29-30-84-31-32-85-33-34-89-38-58-40-91-52(97-58)46(73-54(79)60(64,65)66)48-50(58)95-56(3,4)93-48/h41,45-52H,5-40H2,1-4H3,(H,68,75)(H,69,76)(H,71,77)(H,72,78)(H,73,79)/t41?,45-,46-,47-,48-,49-,50-,51+,52+,57+,58+/m1/s1. The van der Waals surface area contributed by atoms with Gasteiger partial charge in [-0.25, -0.2) is 0 Å². The van der Waals surface area contributed by atoms with Crippen molar-refractivity contribution in [1.29, 1.82) is 0 Å². The molecule has 6 heterocycles. The molecule has 6 aliphatic heterocycles. The largest absolute Gasteiger partial charge is 0.471 e. The minimum atomic E-state index is -5.11. The molecule has 1 unspecified atom stereocenters. The molecule has 5 amide bonds. The van der Waals surface area contributed by atoms with E-state index in [0.717, 1.165) is 0 Å². The average Bonchev–Trinajstić information content (AvgIpc) is 1.58. The number of fused-ring (bicyclic) bond motifs is 8. The van der Waals surface area contributed by atoms with Gasteiger partial charge in [-0.3, -0.25) is 24.0 Å². The van der Waals surface area contributed by atoms with Crippen LogP contribution in [-0.2, 0) is 109 Å². The Morgan fingerprint density at radius 3 is 1.30 bits per heavy atom. The molecule has 6 rings (SSSR count). The van der Waals surface area contributed by atoms with E-state index in [4.69, 9.17) is 90.8 Å². The van der Waals surface area contributed by atoms with Crippen LogP contribution in [0, 0.1) is 0 Å². The Hall–Kier alpha value is -4.48. The maximum Gasteiger partial charge on any atom is 0.471 e. The van der Waals surface area contributed by atoms with Crippen LogP contribution in [0.1, 0.15) is 98.3 Å². The van der Waals surface area contributed by atoms with E-state index in [2.05, 4.69) is 26.0 Å². The zero-order chi connectivity index (χ0) is 70.2. The summed E-state index contributed by atoms with van der Waals surface area (Å²) in [6, 6.07) is -3.03. The second-order valence-corrected chi connectivity index (χ2v) is 24.7. The highest BCUT2D eigenvalue weighted by Crippen LogP contribution is 2.48. The number of halogens is 6. The summed E-state index contributed by atoms with van der Waals surface area (Å²) in [5, 5.41) is 15.9. The smallest absolute Gasteiger partial charge is 0.381 e. The monoisotopic (exact) mass is 1410 g/mol. The van der Waals surface area contributed by atoms with E-state index in [1.165, 1.54) is 0 Å². The Kier molecular flexibility index (Phi) is 34.8. The first kappa shape index (κ1) is 81.5. The van der Waals surface area contributed by atoms with Crippen LogP contribution in [0.25, 0.3) is 10.4 Å². The zero-order valence-electron chi connectivity index (χ0n) is 55.7. The van der Waals surface area contributed by atoms with Gasteiger partial charge in [-0.15, -0.1) is 0 Å². The van der Waals surface area contributed by atoms with Gasteiger partial charge in [0.05, 0.1) is 98.5 Å². The van der Waals surface area contributed by atoms with Crippen molar-refractivity contribution in [3.63, 3.8) is 0 Å². The van der Waals surface area contributed by atoms with Gasteiger partial charge in [-0.2, -0.15) is 26.3 Å². The fraction of sp³-hybridized carbons (Fsp3) is 0.917. The number of nitrogens with one attached hydrogen (secondary N) is 5. The molecule has 97 heavy (non-hydrogen) atoms. The van der Waals surface area contributed by atoms with Crippen LogP contribution in [0.2, 0.25) is 0 Å². The van der Waals surface area contributed by atoms with Gasteiger partial charge in [0.2, 0.25) is 17.7 Å². The lowest BCUT2D eigenvalue weighted by atomic mass is 9.88. The fourth-order valence-electron chi connectivity index (χ4n) is 11.1. The van der Waals surface area contributed by atoms with Crippen LogP contribution in [0.3, 0.4) is 0 Å². The van der Waals surface area contributed by atoms with E-state index in [9.17, 15) is 50.3 Å². The first-order chi connectivity index (χ1) is 46.4. The number of nitrogens with zero attached hydrogens (tertiary/aromatic N) is 3. The van der Waals surface area contributed by atoms with Gasteiger partial charge >= 0.3 is 24.2 Å². The van der Waals surface area contributed by atoms with Crippen LogP contribution in [0.5, 0.6) is 0 Å². The van der Waals surface area contributed by atoms with Crippen molar-refractivity contribution in [2.24, 2.45) is 5.11 Å². The van der Waals surface area contributed by atoms with Gasteiger partial charge in [0.15, 0.2) is 24.2 Å². The van der Waals surface area contributed by atoms with E-state index in [1.807, 2.05) is 10.6 Å². The van der Waals surface area contributed by atoms with Crippen molar-refractivity contribution in [1.82, 2.24) is 26.6 Å². The number of amides is 5. The van der Waals surface area contributed by atoms with E-state index in [1.54, 1.807) is 27.7 Å². The Morgan fingerprint density at radius 2 is 0.866 bits per heavy atom. The fourth-order valence-corrected chi connectivity index (χ4v) is 11.1. The van der Waals surface area contributed by atoms with Crippen molar-refractivity contribution >= 4 is 29.5 Å². The molecule has 0 radical (unpaired) electrons. The number of azide groups is 1. The molecule has 6 aliphatic rings. The summed E-state index contributed by atoms with van der Waals surface area (Å²) in [5.41, 5.74) is 6.19. The Balaban J connectivity index is 0.696. The first-order valence-electron chi connectivity index (χ1n) is 33.0. The number of carbonyl (C=O) groups is 5. The van der Waals surface area contributed by atoms with Gasteiger partial charge in [0, 0.05) is 96.7 Å². The van der Waals surface area contributed by atoms with Crippen LogP contribution in [0.15, 0.2) is 5.11 Å². The summed E-state index contributed by atoms with van der Waals surface area (Å²) in [6.45, 7) is 13.0. The van der Waals surface area contributed by atoms with Crippen LogP contribution < -0.4 is 26.6 Å². The number of hydrogen-bond donors (Lipinski definition) is 5. The lowest BCUT2D eigenvalue weighted by molar-refractivity contribution is -0.218. The minimum absolute atomic E-state index is 0.0169. The molecule has 5 N–H and O–H groups in total. The highest BCUT2D eigenvalue weighted by Gasteiger charge is 2.68. The molecule has 37 heteroatoms. The van der Waals surface area contributed by atoms with Gasteiger partial charge in [-0.1, -0.05) is 11.5 Å². The number of carbonyl (C=O) groups excluding carboxylic acids is 5. The van der Waals surface area contributed by atoms with Gasteiger partial charge in [0.25, 0.3) is 0 Å². The molecule has 0 aromatic rings. The lowest BCUT2D eigenvalue weighted by Crippen LogP contribution is -2.66. The van der Waals surface area contributed by atoms with Crippen LogP contribution in [0.4, 0.5) is 26.3 Å². The highest BCUT2D eigenvalue weighted by atomic mass is 19.4. The molecule has 4 bridgehead atoms. The van der Waals surface area contributed by atoms with E-state index >= 15 is 0 Å². The average molecular weight is 1410 g/mol. The Bertz CT molecular complexity index is 2430. The molecule has 31 nitrogen and oxygen atoms in total. The third-order valence-electron chi connectivity index (χ3n) is 15.7. The molecular weight excluding hydrogens is 1310 g/mol. The summed E-state index contributed by atoms with van der Waals surface area (Å²) in [4.78, 5) is 64.0. The third-order valence-corrected chi connectivity index (χ3v) is 15.7. The zero-order valence-corrected chi connectivity index (χ0v) is 55.7. The molecule has 6 saturated heterocycles. The quantitative estimate of drug-likeness (QED) is 0.0192. The third kappa shape index (κ3) is 28.5. The number of hydrogen-bond acceptors (Lipinski definition) is 24. The number of ether oxygens (including phenoxy) is 18. The Labute approximate surface area is 559 Å². The summed E-state index contributed by atoms with van der Waals surface area (Å²) < 4.78 is 182. The second kappa shape index (κ2) is 41.4. The van der Waals surface area contributed by atoms with Crippen LogP contribution in [-0.4, -0.2) is 285 Å². The van der Waals surface area contributed by atoms with E-state index in [-0.39, 0.29) is 110 Å². The maximum atomic E-state index is 13.0. The number of alkyl halides is 6. The van der Waals surface area contributed by atoms with E-state index in [0.29, 0.717) is 144 Å². The SMILES string of the molecule is CC1(C)O[C@@H]2[C@@H](NC(=O)C(F)(F)F)[C@H]3OC[C@](COCCCOCCCOCCCOCCCNC(=O)CCOCC(COCCC(=O)NCCCOCCOCCOCCOC[C@@]45CO[C@@H](O4)[C@H](NC(=O)C(F)(F)F)[C@H]4OC(C)(C)O[C@H]45)NC(=O)CCCCCN=[N+]=[N-])(O3)[C@@H]2O1. The predicted molar refractivity (Wildman–Crippen MR) is 322 cm³/mol.